The zero-order valence-electron chi connectivity index (χ0n) is 16.0. The van der Waals surface area contributed by atoms with Gasteiger partial charge in [0.1, 0.15) is 0 Å². The van der Waals surface area contributed by atoms with Crippen molar-refractivity contribution in [3.8, 4) is 0 Å². The molecule has 1 aromatic carbocycles. The topological polar surface area (TPSA) is 66.5 Å². The van der Waals surface area contributed by atoms with Gasteiger partial charge in [0.25, 0.3) is 0 Å². The molecule has 0 saturated heterocycles. The molecule has 1 aliphatic carbocycles. The van der Waals surface area contributed by atoms with Crippen LogP contribution in [0.25, 0.3) is 0 Å². The van der Waals surface area contributed by atoms with Crippen LogP contribution in [0.2, 0.25) is 0 Å². The molecule has 0 radical (unpaired) electrons. The quantitative estimate of drug-likeness (QED) is 0.579. The largest absolute Gasteiger partial charge is 0.437 e. The molecule has 0 spiro atoms. The maximum Gasteiger partial charge on any atom is 0.437 e. The van der Waals surface area contributed by atoms with Gasteiger partial charge in [-0.05, 0) is 61.8 Å². The number of amides is 1. The van der Waals surface area contributed by atoms with Gasteiger partial charge in [-0.1, -0.05) is 38.1 Å². The Kier molecular flexibility index (Phi) is 5.45. The standard InChI is InChI=1S/C21H27N3O2/c1-5-17-14(4)22-18-7-6-8-19(20(17)18)24-26-21(25)23-16-11-9-15(10-12-16)13(2)3/h9-13,22H,5-8H2,1-4H3,(H,23,25)/b24-19+. The Morgan fingerprint density at radius 1 is 1.27 bits per heavy atom. The van der Waals surface area contributed by atoms with E-state index in [1.54, 1.807) is 0 Å². The lowest BCUT2D eigenvalue weighted by Gasteiger charge is -2.15. The lowest BCUT2D eigenvalue weighted by molar-refractivity contribution is 0.166. The van der Waals surface area contributed by atoms with Crippen LogP contribution in [0.5, 0.6) is 0 Å². The summed E-state index contributed by atoms with van der Waals surface area (Å²) in [6.45, 7) is 8.50. The number of carbonyl (C=O) groups excluding carboxylic acids is 1. The maximum absolute atomic E-state index is 12.1. The smallest absolute Gasteiger partial charge is 0.362 e. The van der Waals surface area contributed by atoms with Crippen LogP contribution in [0.3, 0.4) is 0 Å². The number of oxime groups is 1. The Balaban J connectivity index is 1.70. The normalized spacial score (nSPS) is 15.2. The van der Waals surface area contributed by atoms with Gasteiger partial charge in [-0.2, -0.15) is 0 Å². The van der Waals surface area contributed by atoms with Crippen molar-refractivity contribution < 1.29 is 9.63 Å². The van der Waals surface area contributed by atoms with Crippen molar-refractivity contribution in [2.75, 3.05) is 5.32 Å². The van der Waals surface area contributed by atoms with E-state index in [1.807, 2.05) is 24.3 Å². The van der Waals surface area contributed by atoms with Crippen molar-refractivity contribution in [1.29, 1.82) is 0 Å². The molecule has 1 aliphatic rings. The molecule has 0 bridgehead atoms. The average Bonchev–Trinajstić information content (AvgIpc) is 2.96. The van der Waals surface area contributed by atoms with Crippen LogP contribution in [0.4, 0.5) is 10.5 Å². The number of hydrogen-bond acceptors (Lipinski definition) is 3. The highest BCUT2D eigenvalue weighted by Crippen LogP contribution is 2.28. The Morgan fingerprint density at radius 3 is 2.65 bits per heavy atom. The Bertz CT molecular complexity index is 817. The summed E-state index contributed by atoms with van der Waals surface area (Å²) in [7, 11) is 0. The molecule has 0 unspecified atom stereocenters. The SMILES string of the molecule is CCc1c(C)[nH]c2c1/C(=N/OC(=O)Nc1ccc(C(C)C)cc1)CCC2. The molecule has 1 amide bonds. The highest BCUT2D eigenvalue weighted by atomic mass is 16.7. The van der Waals surface area contributed by atoms with Gasteiger partial charge in [-0.25, -0.2) is 4.79 Å². The third kappa shape index (κ3) is 3.82. The number of nitrogens with zero attached hydrogens (tertiary/aromatic N) is 1. The molecule has 138 valence electrons. The molecule has 2 N–H and O–H groups in total. The second-order valence-electron chi connectivity index (χ2n) is 7.11. The summed E-state index contributed by atoms with van der Waals surface area (Å²) in [5.41, 5.74) is 7.60. The molecular formula is C21H27N3O2. The van der Waals surface area contributed by atoms with E-state index in [1.165, 1.54) is 22.5 Å². The first kappa shape index (κ1) is 18.2. The van der Waals surface area contributed by atoms with Gasteiger partial charge in [0.15, 0.2) is 0 Å². The number of nitrogens with one attached hydrogen (secondary N) is 2. The molecule has 0 aliphatic heterocycles. The molecule has 5 nitrogen and oxygen atoms in total. The van der Waals surface area contributed by atoms with Crippen LogP contribution >= 0.6 is 0 Å². The zero-order valence-corrected chi connectivity index (χ0v) is 16.0. The number of aromatic amines is 1. The van der Waals surface area contributed by atoms with Crippen molar-refractivity contribution >= 4 is 17.5 Å². The Labute approximate surface area is 154 Å². The third-order valence-corrected chi connectivity index (χ3v) is 4.94. The molecule has 0 atom stereocenters. The first-order valence-electron chi connectivity index (χ1n) is 9.35. The molecule has 0 saturated carbocycles. The fourth-order valence-electron chi connectivity index (χ4n) is 3.55. The van der Waals surface area contributed by atoms with Crippen LogP contribution in [0.1, 0.15) is 67.6 Å². The van der Waals surface area contributed by atoms with Crippen LogP contribution in [0, 0.1) is 6.92 Å². The fourth-order valence-corrected chi connectivity index (χ4v) is 3.55. The van der Waals surface area contributed by atoms with E-state index in [9.17, 15) is 4.79 Å². The van der Waals surface area contributed by atoms with Crippen molar-refractivity contribution in [1.82, 2.24) is 4.98 Å². The third-order valence-electron chi connectivity index (χ3n) is 4.94. The second-order valence-corrected chi connectivity index (χ2v) is 7.11. The van der Waals surface area contributed by atoms with Gasteiger partial charge in [0.05, 0.1) is 5.71 Å². The first-order chi connectivity index (χ1) is 12.5. The lowest BCUT2D eigenvalue weighted by Crippen LogP contribution is -2.16. The zero-order chi connectivity index (χ0) is 18.7. The van der Waals surface area contributed by atoms with Crippen LogP contribution in [0.15, 0.2) is 29.4 Å². The van der Waals surface area contributed by atoms with Gasteiger partial charge in [-0.15, -0.1) is 0 Å². The number of fused-ring (bicyclic) bond motifs is 1. The molecule has 3 rings (SSSR count). The fraction of sp³-hybridized carbons (Fsp3) is 0.429. The molecular weight excluding hydrogens is 326 g/mol. The van der Waals surface area contributed by atoms with Gasteiger partial charge in [0.2, 0.25) is 0 Å². The maximum atomic E-state index is 12.1. The summed E-state index contributed by atoms with van der Waals surface area (Å²) in [5, 5.41) is 6.90. The molecule has 2 aromatic rings. The van der Waals surface area contributed by atoms with Gasteiger partial charge in [0, 0.05) is 22.6 Å². The minimum absolute atomic E-state index is 0.459. The van der Waals surface area contributed by atoms with Crippen molar-refractivity contribution in [2.24, 2.45) is 5.16 Å². The molecule has 26 heavy (non-hydrogen) atoms. The van der Waals surface area contributed by atoms with Gasteiger partial charge in [-0.3, -0.25) is 10.2 Å². The van der Waals surface area contributed by atoms with Crippen molar-refractivity contribution in [3.63, 3.8) is 0 Å². The van der Waals surface area contributed by atoms with Gasteiger partial charge < -0.3 is 4.98 Å². The van der Waals surface area contributed by atoms with Crippen LogP contribution in [-0.2, 0) is 17.7 Å². The number of aromatic nitrogens is 1. The summed E-state index contributed by atoms with van der Waals surface area (Å²) in [6, 6.07) is 7.78. The summed E-state index contributed by atoms with van der Waals surface area (Å²) in [6.07, 6.45) is 3.23. The minimum Gasteiger partial charge on any atom is -0.362 e. The van der Waals surface area contributed by atoms with Crippen molar-refractivity contribution in [2.45, 2.75) is 59.3 Å². The average molecular weight is 353 g/mol. The molecule has 5 heteroatoms. The number of anilines is 1. The first-order valence-corrected chi connectivity index (χ1v) is 9.35. The second kappa shape index (κ2) is 7.77. The van der Waals surface area contributed by atoms with Crippen molar-refractivity contribution in [3.05, 3.63) is 52.3 Å². The van der Waals surface area contributed by atoms with E-state index in [2.05, 4.69) is 43.2 Å². The predicted molar refractivity (Wildman–Crippen MR) is 105 cm³/mol. The summed E-state index contributed by atoms with van der Waals surface area (Å²) in [5.74, 6) is 0.459. The summed E-state index contributed by atoms with van der Waals surface area (Å²) in [4.78, 5) is 20.7. The number of H-pyrrole nitrogens is 1. The van der Waals surface area contributed by atoms with E-state index < -0.39 is 6.09 Å². The van der Waals surface area contributed by atoms with Gasteiger partial charge >= 0.3 is 6.09 Å². The van der Waals surface area contributed by atoms with E-state index in [0.29, 0.717) is 11.6 Å². The number of carbonyl (C=O) groups is 1. The van der Waals surface area contributed by atoms with Crippen LogP contribution in [-0.4, -0.2) is 16.8 Å². The van der Waals surface area contributed by atoms with E-state index in [-0.39, 0.29) is 0 Å². The number of benzene rings is 1. The monoisotopic (exact) mass is 353 g/mol. The number of aryl methyl sites for hydroxylation is 2. The molecule has 0 fully saturated rings. The Morgan fingerprint density at radius 2 is 2.00 bits per heavy atom. The predicted octanol–water partition coefficient (Wildman–Crippen LogP) is 5.30. The molecule has 1 aromatic heterocycles. The number of rotatable bonds is 4. The van der Waals surface area contributed by atoms with Crippen LogP contribution < -0.4 is 5.32 Å². The highest BCUT2D eigenvalue weighted by Gasteiger charge is 2.23. The Hall–Kier alpha value is -2.56. The van der Waals surface area contributed by atoms with E-state index >= 15 is 0 Å². The highest BCUT2D eigenvalue weighted by molar-refractivity contribution is 6.04. The molecule has 1 heterocycles. The minimum atomic E-state index is -0.563. The lowest BCUT2D eigenvalue weighted by atomic mass is 9.92. The van der Waals surface area contributed by atoms with E-state index in [0.717, 1.165) is 37.0 Å². The summed E-state index contributed by atoms with van der Waals surface area (Å²) >= 11 is 0. The summed E-state index contributed by atoms with van der Waals surface area (Å²) < 4.78 is 0. The number of hydrogen-bond donors (Lipinski definition) is 2. The van der Waals surface area contributed by atoms with E-state index in [4.69, 9.17) is 4.84 Å².